The van der Waals surface area contributed by atoms with Crippen LogP contribution in [0.2, 0.25) is 0 Å². The van der Waals surface area contributed by atoms with E-state index in [-0.39, 0.29) is 29.0 Å². The van der Waals surface area contributed by atoms with Crippen molar-refractivity contribution in [3.8, 4) is 5.75 Å². The zero-order valence-electron chi connectivity index (χ0n) is 16.6. The summed E-state index contributed by atoms with van der Waals surface area (Å²) >= 11 is 0. The molecule has 2 aromatic rings. The molecule has 0 N–H and O–H groups in total. The van der Waals surface area contributed by atoms with E-state index in [0.29, 0.717) is 6.42 Å². The highest BCUT2D eigenvalue weighted by Crippen LogP contribution is 2.24. The molecule has 0 heterocycles. The van der Waals surface area contributed by atoms with E-state index in [9.17, 15) is 16.8 Å². The number of aryl methyl sites for hydroxylation is 1. The molecule has 8 heteroatoms. The summed E-state index contributed by atoms with van der Waals surface area (Å²) in [5, 5.41) is 0. The molecule has 1 unspecified atom stereocenters. The van der Waals surface area contributed by atoms with E-state index < -0.39 is 20.1 Å². The lowest BCUT2D eigenvalue weighted by Crippen LogP contribution is -2.37. The molecular formula is C20H27NO5S2. The smallest absolute Gasteiger partial charge is 0.308 e. The van der Waals surface area contributed by atoms with Gasteiger partial charge in [-0.05, 0) is 57.0 Å². The summed E-state index contributed by atoms with van der Waals surface area (Å²) in [7, 11) is -7.26. The van der Waals surface area contributed by atoms with Gasteiger partial charge < -0.3 is 4.18 Å². The van der Waals surface area contributed by atoms with E-state index in [1.165, 1.54) is 23.4 Å². The molecule has 0 amide bonds. The van der Waals surface area contributed by atoms with E-state index in [4.69, 9.17) is 4.18 Å². The fourth-order valence-electron chi connectivity index (χ4n) is 2.56. The van der Waals surface area contributed by atoms with Crippen molar-refractivity contribution < 1.29 is 21.0 Å². The first-order valence-electron chi connectivity index (χ1n) is 9.18. The lowest BCUT2D eigenvalue weighted by atomic mass is 10.2. The van der Waals surface area contributed by atoms with Gasteiger partial charge >= 0.3 is 10.1 Å². The molecule has 28 heavy (non-hydrogen) atoms. The molecule has 0 aliphatic rings. The van der Waals surface area contributed by atoms with Gasteiger partial charge in [-0.1, -0.05) is 36.8 Å². The Kier molecular flexibility index (Phi) is 7.25. The highest BCUT2D eigenvalue weighted by molar-refractivity contribution is 7.89. The minimum Gasteiger partial charge on any atom is -0.382 e. The zero-order valence-corrected chi connectivity index (χ0v) is 18.3. The number of hydrogen-bond acceptors (Lipinski definition) is 5. The first-order valence-corrected chi connectivity index (χ1v) is 12.2. The van der Waals surface area contributed by atoms with E-state index in [2.05, 4.69) is 0 Å². The standard InChI is InChI=1S/C20H27NO5S2/c1-5-17(4)21(28(24,25)20-13-7-16(3)8-14-20)15-18-9-11-19(12-10-18)26-27(22,23)6-2/h7-14,17H,5-6,15H2,1-4H3. The molecule has 0 radical (unpaired) electrons. The van der Waals surface area contributed by atoms with Gasteiger partial charge in [-0.25, -0.2) is 8.42 Å². The Labute approximate surface area is 168 Å². The summed E-state index contributed by atoms with van der Waals surface area (Å²) in [5.41, 5.74) is 1.74. The van der Waals surface area contributed by atoms with Gasteiger partial charge in [0.25, 0.3) is 0 Å². The van der Waals surface area contributed by atoms with Crippen LogP contribution in [0.4, 0.5) is 0 Å². The average Bonchev–Trinajstić information content (AvgIpc) is 2.66. The van der Waals surface area contributed by atoms with E-state index in [0.717, 1.165) is 11.1 Å². The second-order valence-corrected chi connectivity index (χ2v) is 10.4. The van der Waals surface area contributed by atoms with E-state index in [1.54, 1.807) is 36.4 Å². The molecule has 0 fully saturated rings. The highest BCUT2D eigenvalue weighted by atomic mass is 32.2. The zero-order chi connectivity index (χ0) is 20.9. The third-order valence-electron chi connectivity index (χ3n) is 4.55. The van der Waals surface area contributed by atoms with Gasteiger partial charge in [0.2, 0.25) is 10.0 Å². The van der Waals surface area contributed by atoms with Crippen molar-refractivity contribution in [2.45, 2.75) is 51.6 Å². The van der Waals surface area contributed by atoms with Gasteiger partial charge in [0.1, 0.15) is 5.75 Å². The maximum absolute atomic E-state index is 13.2. The molecule has 0 saturated carbocycles. The number of rotatable bonds is 9. The molecule has 6 nitrogen and oxygen atoms in total. The fourth-order valence-corrected chi connectivity index (χ4v) is 4.78. The Morgan fingerprint density at radius 2 is 1.50 bits per heavy atom. The Morgan fingerprint density at radius 1 is 0.929 bits per heavy atom. The molecule has 154 valence electrons. The summed E-state index contributed by atoms with van der Waals surface area (Å²) in [5.74, 6) is 0.0906. The monoisotopic (exact) mass is 425 g/mol. The average molecular weight is 426 g/mol. The van der Waals surface area contributed by atoms with Gasteiger partial charge in [0.15, 0.2) is 0 Å². The van der Waals surface area contributed by atoms with Crippen molar-refractivity contribution in [1.29, 1.82) is 0 Å². The Hall–Kier alpha value is -1.90. The highest BCUT2D eigenvalue weighted by Gasteiger charge is 2.28. The topological polar surface area (TPSA) is 80.8 Å². The summed E-state index contributed by atoms with van der Waals surface area (Å²) in [6.07, 6.45) is 0.668. The van der Waals surface area contributed by atoms with Crippen LogP contribution in [0.25, 0.3) is 0 Å². The quantitative estimate of drug-likeness (QED) is 0.572. The number of benzene rings is 2. The van der Waals surface area contributed by atoms with E-state index in [1.807, 2.05) is 20.8 Å². The molecular weight excluding hydrogens is 398 g/mol. The largest absolute Gasteiger partial charge is 0.382 e. The van der Waals surface area contributed by atoms with Crippen LogP contribution in [0.3, 0.4) is 0 Å². The van der Waals surface area contributed by atoms with Crippen LogP contribution in [-0.4, -0.2) is 32.9 Å². The third-order valence-corrected chi connectivity index (χ3v) is 7.68. The molecule has 2 rings (SSSR count). The lowest BCUT2D eigenvalue weighted by molar-refractivity contribution is 0.323. The second kappa shape index (κ2) is 9.07. The van der Waals surface area contributed by atoms with Crippen molar-refractivity contribution in [3.05, 3.63) is 59.7 Å². The van der Waals surface area contributed by atoms with Gasteiger partial charge in [0, 0.05) is 12.6 Å². The van der Waals surface area contributed by atoms with Crippen molar-refractivity contribution in [2.75, 3.05) is 5.75 Å². The first kappa shape index (κ1) is 22.4. The maximum atomic E-state index is 13.2. The SMILES string of the molecule is CCC(C)N(Cc1ccc(OS(=O)(=O)CC)cc1)S(=O)(=O)c1ccc(C)cc1. The lowest BCUT2D eigenvalue weighted by Gasteiger charge is -2.28. The molecule has 0 aromatic heterocycles. The fraction of sp³-hybridized carbons (Fsp3) is 0.400. The van der Waals surface area contributed by atoms with Gasteiger partial charge in [-0.2, -0.15) is 12.7 Å². The molecule has 1 atom stereocenters. The predicted octanol–water partition coefficient (Wildman–Crippen LogP) is 3.71. The summed E-state index contributed by atoms with van der Waals surface area (Å²) in [6.45, 7) is 7.41. The van der Waals surface area contributed by atoms with Crippen LogP contribution in [0.1, 0.15) is 38.3 Å². The van der Waals surface area contributed by atoms with Crippen molar-refractivity contribution in [3.63, 3.8) is 0 Å². The normalized spacial score (nSPS) is 13.5. The summed E-state index contributed by atoms with van der Waals surface area (Å²) < 4.78 is 55.9. The number of hydrogen-bond donors (Lipinski definition) is 0. The van der Waals surface area contributed by atoms with Gasteiger partial charge in [-0.3, -0.25) is 0 Å². The Bertz CT molecular complexity index is 982. The van der Waals surface area contributed by atoms with Gasteiger partial charge in [-0.15, -0.1) is 0 Å². The van der Waals surface area contributed by atoms with Crippen LogP contribution in [-0.2, 0) is 26.7 Å². The van der Waals surface area contributed by atoms with E-state index >= 15 is 0 Å². The minimum atomic E-state index is -3.66. The molecule has 0 saturated heterocycles. The third kappa shape index (κ3) is 5.56. The second-order valence-electron chi connectivity index (χ2n) is 6.69. The molecule has 0 spiro atoms. The van der Waals surface area contributed by atoms with Crippen molar-refractivity contribution in [2.24, 2.45) is 0 Å². The Balaban J connectivity index is 2.28. The predicted molar refractivity (Wildman–Crippen MR) is 110 cm³/mol. The minimum absolute atomic E-state index is 0.120. The van der Waals surface area contributed by atoms with Crippen LogP contribution < -0.4 is 4.18 Å². The molecule has 0 bridgehead atoms. The summed E-state index contributed by atoms with van der Waals surface area (Å²) in [6, 6.07) is 13.0. The number of sulfonamides is 1. The number of nitrogens with zero attached hydrogens (tertiary/aromatic N) is 1. The molecule has 2 aromatic carbocycles. The maximum Gasteiger partial charge on any atom is 0.308 e. The van der Waals surface area contributed by atoms with Crippen molar-refractivity contribution >= 4 is 20.1 Å². The van der Waals surface area contributed by atoms with Crippen LogP contribution >= 0.6 is 0 Å². The van der Waals surface area contributed by atoms with Crippen LogP contribution in [0, 0.1) is 6.92 Å². The summed E-state index contributed by atoms with van der Waals surface area (Å²) in [4.78, 5) is 0.257. The van der Waals surface area contributed by atoms with Gasteiger partial charge in [0.05, 0.1) is 10.6 Å². The van der Waals surface area contributed by atoms with Crippen LogP contribution in [0.5, 0.6) is 5.75 Å². The van der Waals surface area contributed by atoms with Crippen LogP contribution in [0.15, 0.2) is 53.4 Å². The van der Waals surface area contributed by atoms with Crippen molar-refractivity contribution in [1.82, 2.24) is 4.31 Å². The first-order chi connectivity index (χ1) is 13.1. The Morgan fingerprint density at radius 3 is 2.00 bits per heavy atom. The molecule has 0 aliphatic carbocycles. The molecule has 0 aliphatic heterocycles.